The average molecular weight is 407 g/mol. The Balaban J connectivity index is 1.65. The van der Waals surface area contributed by atoms with Gasteiger partial charge < -0.3 is 10.4 Å². The van der Waals surface area contributed by atoms with Crippen molar-refractivity contribution in [1.29, 1.82) is 0 Å². The van der Waals surface area contributed by atoms with Crippen LogP contribution in [0.5, 0.6) is 0 Å². The van der Waals surface area contributed by atoms with Crippen LogP contribution in [0, 0.1) is 24.2 Å². The maximum atomic E-state index is 10.2. The van der Waals surface area contributed by atoms with Gasteiger partial charge in [0.05, 0.1) is 16.0 Å². The molecule has 0 amide bonds. The van der Waals surface area contributed by atoms with Crippen LogP contribution in [-0.2, 0) is 5.60 Å². The fraction of sp³-hybridized carbons (Fsp3) is 0.435. The molecule has 150 valence electrons. The van der Waals surface area contributed by atoms with Crippen LogP contribution in [-0.4, -0.2) is 27.5 Å². The zero-order valence-electron chi connectivity index (χ0n) is 17.1. The summed E-state index contributed by atoms with van der Waals surface area (Å²) in [7, 11) is 0. The van der Waals surface area contributed by atoms with Gasteiger partial charge in [-0.2, -0.15) is 0 Å². The van der Waals surface area contributed by atoms with E-state index >= 15 is 0 Å². The SMILES string of the molecule is C#Cc1cnc(-c2ccc(C(C)(C)O)s2)nc1NC1=NCCC(C)C(C2CC2)=C1. The molecule has 4 rings (SSSR count). The zero-order valence-corrected chi connectivity index (χ0v) is 17.9. The Hall–Kier alpha value is -2.49. The van der Waals surface area contributed by atoms with Crippen molar-refractivity contribution in [2.75, 3.05) is 11.9 Å². The lowest BCUT2D eigenvalue weighted by atomic mass is 9.94. The fourth-order valence-electron chi connectivity index (χ4n) is 3.51. The van der Waals surface area contributed by atoms with Crippen LogP contribution in [0.4, 0.5) is 5.82 Å². The van der Waals surface area contributed by atoms with Crippen LogP contribution in [0.1, 0.15) is 50.5 Å². The maximum absolute atomic E-state index is 10.2. The number of allylic oxidation sites excluding steroid dienone is 1. The summed E-state index contributed by atoms with van der Waals surface area (Å²) in [6.45, 7) is 6.62. The Bertz CT molecular complexity index is 1020. The van der Waals surface area contributed by atoms with Crippen molar-refractivity contribution >= 4 is 23.0 Å². The molecule has 2 aliphatic rings. The van der Waals surface area contributed by atoms with E-state index in [1.54, 1.807) is 20.0 Å². The van der Waals surface area contributed by atoms with E-state index in [0.29, 0.717) is 29.0 Å². The first-order valence-corrected chi connectivity index (χ1v) is 10.9. The minimum Gasteiger partial charge on any atom is -0.385 e. The highest BCUT2D eigenvalue weighted by molar-refractivity contribution is 7.15. The largest absolute Gasteiger partial charge is 0.385 e. The number of terminal acetylenes is 1. The number of anilines is 1. The predicted octanol–water partition coefficient (Wildman–Crippen LogP) is 4.60. The number of aliphatic hydroxyl groups is 1. The molecule has 1 aliphatic heterocycles. The summed E-state index contributed by atoms with van der Waals surface area (Å²) in [5.74, 6) is 5.93. The van der Waals surface area contributed by atoms with Crippen LogP contribution in [0.3, 0.4) is 0 Å². The second-order valence-corrected chi connectivity index (χ2v) is 9.41. The number of nitrogens with one attached hydrogen (secondary N) is 1. The molecule has 1 aliphatic carbocycles. The quantitative estimate of drug-likeness (QED) is 0.728. The van der Waals surface area contributed by atoms with Gasteiger partial charge in [-0.05, 0) is 63.2 Å². The van der Waals surface area contributed by atoms with E-state index in [4.69, 9.17) is 16.4 Å². The summed E-state index contributed by atoms with van der Waals surface area (Å²) in [6, 6.07) is 3.84. The van der Waals surface area contributed by atoms with Crippen molar-refractivity contribution in [3.05, 3.63) is 40.4 Å². The second-order valence-electron chi connectivity index (χ2n) is 8.32. The molecular formula is C23H26N4OS. The third-order valence-electron chi connectivity index (χ3n) is 5.39. The molecule has 29 heavy (non-hydrogen) atoms. The Morgan fingerprint density at radius 1 is 1.28 bits per heavy atom. The molecular weight excluding hydrogens is 380 g/mol. The number of rotatable bonds is 4. The van der Waals surface area contributed by atoms with Gasteiger partial charge >= 0.3 is 0 Å². The van der Waals surface area contributed by atoms with E-state index in [0.717, 1.165) is 28.6 Å². The monoisotopic (exact) mass is 406 g/mol. The van der Waals surface area contributed by atoms with Gasteiger partial charge in [0, 0.05) is 17.6 Å². The molecule has 6 heteroatoms. The number of aromatic nitrogens is 2. The van der Waals surface area contributed by atoms with Crippen molar-refractivity contribution in [2.24, 2.45) is 16.8 Å². The fourth-order valence-corrected chi connectivity index (χ4v) is 4.46. The first-order chi connectivity index (χ1) is 13.8. The highest BCUT2D eigenvalue weighted by Gasteiger charge is 2.30. The van der Waals surface area contributed by atoms with E-state index < -0.39 is 5.60 Å². The summed E-state index contributed by atoms with van der Waals surface area (Å²) >= 11 is 1.48. The van der Waals surface area contributed by atoms with E-state index in [9.17, 15) is 5.11 Å². The molecule has 3 heterocycles. The first kappa shape index (κ1) is 19.8. The molecule has 0 spiro atoms. The molecule has 1 saturated carbocycles. The Morgan fingerprint density at radius 3 is 2.72 bits per heavy atom. The third kappa shape index (κ3) is 4.42. The molecule has 0 radical (unpaired) electrons. The van der Waals surface area contributed by atoms with E-state index in [1.807, 2.05) is 12.1 Å². The van der Waals surface area contributed by atoms with Gasteiger partial charge in [0.15, 0.2) is 11.6 Å². The smallest absolute Gasteiger partial charge is 0.171 e. The minimum atomic E-state index is -0.890. The topological polar surface area (TPSA) is 70.4 Å². The average Bonchev–Trinajstić information content (AvgIpc) is 3.41. The number of thiophene rings is 1. The molecule has 0 saturated heterocycles. The third-order valence-corrected chi connectivity index (χ3v) is 6.78. The van der Waals surface area contributed by atoms with Crippen molar-refractivity contribution < 1.29 is 5.11 Å². The van der Waals surface area contributed by atoms with E-state index in [1.165, 1.54) is 29.8 Å². The molecule has 1 atom stereocenters. The number of hydrogen-bond acceptors (Lipinski definition) is 6. The summed E-state index contributed by atoms with van der Waals surface area (Å²) in [5, 5.41) is 13.6. The van der Waals surface area contributed by atoms with Gasteiger partial charge in [-0.1, -0.05) is 18.4 Å². The number of hydrogen-bond donors (Lipinski definition) is 2. The lowest BCUT2D eigenvalue weighted by Crippen LogP contribution is -2.14. The number of nitrogens with zero attached hydrogens (tertiary/aromatic N) is 3. The molecule has 1 fully saturated rings. The van der Waals surface area contributed by atoms with Crippen molar-refractivity contribution in [3.63, 3.8) is 0 Å². The first-order valence-electron chi connectivity index (χ1n) is 10.0. The van der Waals surface area contributed by atoms with Crippen molar-refractivity contribution in [1.82, 2.24) is 9.97 Å². The van der Waals surface area contributed by atoms with Gasteiger partial charge in [-0.15, -0.1) is 17.8 Å². The highest BCUT2D eigenvalue weighted by Crippen LogP contribution is 2.41. The molecule has 2 N–H and O–H groups in total. The Labute approximate surface area is 176 Å². The van der Waals surface area contributed by atoms with Crippen LogP contribution in [0.25, 0.3) is 10.7 Å². The van der Waals surface area contributed by atoms with Crippen LogP contribution >= 0.6 is 11.3 Å². The summed E-state index contributed by atoms with van der Waals surface area (Å²) in [4.78, 5) is 15.6. The molecule has 1 unspecified atom stereocenters. The second kappa shape index (κ2) is 7.74. The molecule has 5 nitrogen and oxygen atoms in total. The van der Waals surface area contributed by atoms with Crippen LogP contribution < -0.4 is 5.32 Å². The normalized spacial score (nSPS) is 19.8. The van der Waals surface area contributed by atoms with Crippen molar-refractivity contribution in [2.45, 2.75) is 45.6 Å². The van der Waals surface area contributed by atoms with Gasteiger partial charge in [-0.25, -0.2) is 9.97 Å². The minimum absolute atomic E-state index is 0.560. The molecule has 0 aromatic carbocycles. The number of amidine groups is 1. The Morgan fingerprint density at radius 2 is 2.07 bits per heavy atom. The van der Waals surface area contributed by atoms with Gasteiger partial charge in [0.25, 0.3) is 0 Å². The maximum Gasteiger partial charge on any atom is 0.171 e. The number of aliphatic imine (C=N–C) groups is 1. The highest BCUT2D eigenvalue weighted by atomic mass is 32.1. The predicted molar refractivity (Wildman–Crippen MR) is 119 cm³/mol. The molecule has 0 bridgehead atoms. The van der Waals surface area contributed by atoms with Crippen molar-refractivity contribution in [3.8, 4) is 23.0 Å². The molecule has 2 aromatic rings. The molecule has 2 aromatic heterocycles. The van der Waals surface area contributed by atoms with Gasteiger partial charge in [-0.3, -0.25) is 4.99 Å². The lowest BCUT2D eigenvalue weighted by Gasteiger charge is -2.14. The Kier molecular flexibility index (Phi) is 5.28. The zero-order chi connectivity index (χ0) is 20.6. The van der Waals surface area contributed by atoms with Gasteiger partial charge in [0.1, 0.15) is 5.84 Å². The van der Waals surface area contributed by atoms with E-state index in [2.05, 4.69) is 29.2 Å². The van der Waals surface area contributed by atoms with Crippen LogP contribution in [0.2, 0.25) is 0 Å². The summed E-state index contributed by atoms with van der Waals surface area (Å²) in [6.07, 6.45) is 13.2. The van der Waals surface area contributed by atoms with E-state index in [-0.39, 0.29) is 0 Å². The van der Waals surface area contributed by atoms with Crippen LogP contribution in [0.15, 0.2) is 35.0 Å². The lowest BCUT2D eigenvalue weighted by molar-refractivity contribution is 0.0825. The summed E-state index contributed by atoms with van der Waals surface area (Å²) in [5.41, 5.74) is 1.20. The summed E-state index contributed by atoms with van der Waals surface area (Å²) < 4.78 is 0. The standard InChI is InChI=1S/C23H26N4OS/c1-5-15-13-25-22(18-8-9-19(29-18)23(3,4)28)27-21(15)26-20-12-17(16-6-7-16)14(2)10-11-24-20/h1,8-9,12-14,16,28H,6-7,10-11H2,2-4H3,(H,24,25,26,27). The van der Waals surface area contributed by atoms with Gasteiger partial charge in [0.2, 0.25) is 0 Å².